The molecular formula is C16H15FN2O3. The molecule has 0 radical (unpaired) electrons. The number of hydrogen-bond donors (Lipinski definition) is 1. The molecular weight excluding hydrogens is 287 g/mol. The van der Waals surface area contributed by atoms with Gasteiger partial charge in [0.1, 0.15) is 5.82 Å². The van der Waals surface area contributed by atoms with Crippen molar-refractivity contribution in [2.75, 3.05) is 6.54 Å². The molecule has 6 heteroatoms. The zero-order valence-corrected chi connectivity index (χ0v) is 12.0. The van der Waals surface area contributed by atoms with Crippen LogP contribution in [-0.2, 0) is 0 Å². The van der Waals surface area contributed by atoms with Gasteiger partial charge >= 0.3 is 0 Å². The van der Waals surface area contributed by atoms with Crippen molar-refractivity contribution < 1.29 is 14.1 Å². The van der Waals surface area contributed by atoms with Crippen molar-refractivity contribution in [2.24, 2.45) is 0 Å². The fourth-order valence-corrected chi connectivity index (χ4v) is 1.99. The minimum absolute atomic E-state index is 0.00482. The molecule has 1 atom stereocenters. The van der Waals surface area contributed by atoms with Crippen LogP contribution in [0.15, 0.2) is 48.5 Å². The number of carbonyl (C=O) groups excluding carboxylic acids is 1. The SMILES string of the molecule is CC(CNC(=O)c1ccc(F)cc1)c1ccc([N+](=O)[O-])cc1. The van der Waals surface area contributed by atoms with Crippen LogP contribution >= 0.6 is 0 Å². The monoisotopic (exact) mass is 302 g/mol. The summed E-state index contributed by atoms with van der Waals surface area (Å²) in [6.07, 6.45) is 0. The smallest absolute Gasteiger partial charge is 0.269 e. The normalized spacial score (nSPS) is 11.7. The Morgan fingerprint density at radius 1 is 1.18 bits per heavy atom. The third-order valence-corrected chi connectivity index (χ3v) is 3.35. The molecule has 22 heavy (non-hydrogen) atoms. The summed E-state index contributed by atoms with van der Waals surface area (Å²) in [6.45, 7) is 2.29. The van der Waals surface area contributed by atoms with Gasteiger partial charge in [-0.25, -0.2) is 4.39 Å². The molecule has 2 rings (SSSR count). The first-order valence-corrected chi connectivity index (χ1v) is 6.75. The highest BCUT2D eigenvalue weighted by molar-refractivity contribution is 5.94. The lowest BCUT2D eigenvalue weighted by molar-refractivity contribution is -0.384. The van der Waals surface area contributed by atoms with Gasteiger partial charge in [0.15, 0.2) is 0 Å². The Morgan fingerprint density at radius 2 is 1.77 bits per heavy atom. The van der Waals surface area contributed by atoms with E-state index < -0.39 is 10.7 Å². The predicted octanol–water partition coefficient (Wildman–Crippen LogP) is 3.27. The van der Waals surface area contributed by atoms with E-state index in [9.17, 15) is 19.3 Å². The van der Waals surface area contributed by atoms with E-state index in [0.717, 1.165) is 5.56 Å². The van der Waals surface area contributed by atoms with E-state index >= 15 is 0 Å². The molecule has 0 aromatic heterocycles. The molecule has 0 aliphatic carbocycles. The Balaban J connectivity index is 1.94. The molecule has 1 amide bonds. The van der Waals surface area contributed by atoms with Crippen LogP contribution in [0, 0.1) is 15.9 Å². The van der Waals surface area contributed by atoms with Crippen LogP contribution in [0.3, 0.4) is 0 Å². The number of nitrogens with zero attached hydrogens (tertiary/aromatic N) is 1. The fourth-order valence-electron chi connectivity index (χ4n) is 1.99. The predicted molar refractivity (Wildman–Crippen MR) is 80.2 cm³/mol. The number of non-ortho nitro benzene ring substituents is 1. The largest absolute Gasteiger partial charge is 0.351 e. The molecule has 0 aliphatic heterocycles. The number of halogens is 1. The molecule has 1 N–H and O–H groups in total. The van der Waals surface area contributed by atoms with Crippen molar-refractivity contribution in [3.63, 3.8) is 0 Å². The Morgan fingerprint density at radius 3 is 2.32 bits per heavy atom. The first-order chi connectivity index (χ1) is 10.5. The molecule has 0 aliphatic rings. The lowest BCUT2D eigenvalue weighted by Crippen LogP contribution is -2.27. The first kappa shape index (κ1) is 15.6. The molecule has 0 bridgehead atoms. The zero-order valence-electron chi connectivity index (χ0n) is 12.0. The molecule has 0 saturated carbocycles. The molecule has 0 fully saturated rings. The number of nitro groups is 1. The van der Waals surface area contributed by atoms with E-state index in [0.29, 0.717) is 12.1 Å². The maximum atomic E-state index is 12.8. The number of amides is 1. The van der Waals surface area contributed by atoms with Crippen LogP contribution in [0.25, 0.3) is 0 Å². The third-order valence-electron chi connectivity index (χ3n) is 3.35. The minimum atomic E-state index is -0.454. The molecule has 2 aromatic carbocycles. The highest BCUT2D eigenvalue weighted by Gasteiger charge is 2.11. The standard InChI is InChI=1S/C16H15FN2O3/c1-11(12-4-8-15(9-5-12)19(21)22)10-18-16(20)13-2-6-14(17)7-3-13/h2-9,11H,10H2,1H3,(H,18,20). The van der Waals surface area contributed by atoms with Crippen LogP contribution in [0.2, 0.25) is 0 Å². The highest BCUT2D eigenvalue weighted by Crippen LogP contribution is 2.18. The van der Waals surface area contributed by atoms with Crippen LogP contribution in [0.4, 0.5) is 10.1 Å². The average molecular weight is 302 g/mol. The number of benzene rings is 2. The maximum Gasteiger partial charge on any atom is 0.269 e. The lowest BCUT2D eigenvalue weighted by atomic mass is 10.0. The van der Waals surface area contributed by atoms with Crippen LogP contribution in [-0.4, -0.2) is 17.4 Å². The van der Waals surface area contributed by atoms with Crippen molar-refractivity contribution >= 4 is 11.6 Å². The molecule has 1 unspecified atom stereocenters. The van der Waals surface area contributed by atoms with Gasteiger partial charge in [-0.15, -0.1) is 0 Å². The van der Waals surface area contributed by atoms with Gasteiger partial charge in [0.2, 0.25) is 0 Å². The average Bonchev–Trinajstić information content (AvgIpc) is 2.53. The quantitative estimate of drug-likeness (QED) is 0.680. The number of nitrogens with one attached hydrogen (secondary N) is 1. The Labute approximate surface area is 126 Å². The number of nitro benzene ring substituents is 1. The maximum absolute atomic E-state index is 12.8. The molecule has 5 nitrogen and oxygen atoms in total. The van der Waals surface area contributed by atoms with Gasteiger partial charge in [0.25, 0.3) is 11.6 Å². The van der Waals surface area contributed by atoms with Crippen LogP contribution < -0.4 is 5.32 Å². The van der Waals surface area contributed by atoms with Crippen LogP contribution in [0.1, 0.15) is 28.8 Å². The van der Waals surface area contributed by atoms with Gasteiger partial charge in [0.05, 0.1) is 4.92 Å². The second-order valence-electron chi connectivity index (χ2n) is 4.97. The van der Waals surface area contributed by atoms with Crippen LogP contribution in [0.5, 0.6) is 0 Å². The van der Waals surface area contributed by atoms with Crippen molar-refractivity contribution in [3.8, 4) is 0 Å². The summed E-state index contributed by atoms with van der Waals surface area (Å²) in [6, 6.07) is 11.5. The van der Waals surface area contributed by atoms with E-state index in [-0.39, 0.29) is 17.5 Å². The summed E-state index contributed by atoms with van der Waals surface area (Å²) in [5.41, 5.74) is 1.31. The van der Waals surface area contributed by atoms with E-state index in [1.54, 1.807) is 12.1 Å². The van der Waals surface area contributed by atoms with Gasteiger partial charge in [0, 0.05) is 24.2 Å². The molecule has 0 saturated heterocycles. The molecule has 114 valence electrons. The zero-order chi connectivity index (χ0) is 16.1. The second kappa shape index (κ2) is 6.80. The highest BCUT2D eigenvalue weighted by atomic mass is 19.1. The Bertz CT molecular complexity index is 669. The van der Waals surface area contributed by atoms with E-state index in [4.69, 9.17) is 0 Å². The Kier molecular flexibility index (Phi) is 4.83. The fraction of sp³-hybridized carbons (Fsp3) is 0.188. The summed E-state index contributed by atoms with van der Waals surface area (Å²) in [4.78, 5) is 22.1. The van der Waals surface area contributed by atoms with Gasteiger partial charge < -0.3 is 5.32 Å². The van der Waals surface area contributed by atoms with E-state index in [1.165, 1.54) is 36.4 Å². The minimum Gasteiger partial charge on any atom is -0.351 e. The molecule has 0 spiro atoms. The number of hydrogen-bond acceptors (Lipinski definition) is 3. The van der Waals surface area contributed by atoms with Gasteiger partial charge in [-0.2, -0.15) is 0 Å². The summed E-state index contributed by atoms with van der Waals surface area (Å²) in [7, 11) is 0. The van der Waals surface area contributed by atoms with Crippen molar-refractivity contribution in [1.29, 1.82) is 0 Å². The number of carbonyl (C=O) groups is 1. The Hall–Kier alpha value is -2.76. The number of rotatable bonds is 5. The molecule has 0 heterocycles. The summed E-state index contributed by atoms with van der Waals surface area (Å²) < 4.78 is 12.8. The van der Waals surface area contributed by atoms with Gasteiger partial charge in [-0.3, -0.25) is 14.9 Å². The first-order valence-electron chi connectivity index (χ1n) is 6.75. The third kappa shape index (κ3) is 3.88. The van der Waals surface area contributed by atoms with Gasteiger partial charge in [-0.05, 0) is 35.7 Å². The topological polar surface area (TPSA) is 72.2 Å². The van der Waals surface area contributed by atoms with Gasteiger partial charge in [-0.1, -0.05) is 19.1 Å². The second-order valence-corrected chi connectivity index (χ2v) is 4.97. The van der Waals surface area contributed by atoms with Crippen molar-refractivity contribution in [3.05, 3.63) is 75.6 Å². The summed E-state index contributed by atoms with van der Waals surface area (Å²) >= 11 is 0. The van der Waals surface area contributed by atoms with E-state index in [2.05, 4.69) is 5.32 Å². The van der Waals surface area contributed by atoms with Crippen molar-refractivity contribution in [1.82, 2.24) is 5.32 Å². The van der Waals surface area contributed by atoms with E-state index in [1.807, 2.05) is 6.92 Å². The summed E-state index contributed by atoms with van der Waals surface area (Å²) in [5, 5.41) is 13.4. The summed E-state index contributed by atoms with van der Waals surface area (Å²) in [5.74, 6) is -0.672. The lowest BCUT2D eigenvalue weighted by Gasteiger charge is -2.13. The molecule has 2 aromatic rings. The van der Waals surface area contributed by atoms with Crippen molar-refractivity contribution in [2.45, 2.75) is 12.8 Å².